The molecule has 1 saturated carbocycles. The second-order valence-corrected chi connectivity index (χ2v) is 8.23. The van der Waals surface area contributed by atoms with Crippen molar-refractivity contribution in [2.45, 2.75) is 59.2 Å². The van der Waals surface area contributed by atoms with Gasteiger partial charge in [0.1, 0.15) is 0 Å². The van der Waals surface area contributed by atoms with Gasteiger partial charge in [0.25, 0.3) is 0 Å². The van der Waals surface area contributed by atoms with Crippen molar-refractivity contribution in [1.82, 2.24) is 20.5 Å². The summed E-state index contributed by atoms with van der Waals surface area (Å²) in [6.07, 6.45) is 4.39. The van der Waals surface area contributed by atoms with Crippen LogP contribution in [0.4, 0.5) is 0 Å². The highest BCUT2D eigenvalue weighted by molar-refractivity contribution is 5.80. The average Bonchev–Trinajstić information content (AvgIpc) is 3.41. The number of hydrogen-bond acceptors (Lipinski definition) is 4. The molecule has 6 heteroatoms. The lowest BCUT2D eigenvalue weighted by atomic mass is 10.1. The summed E-state index contributed by atoms with van der Waals surface area (Å²) in [5.74, 6) is 2.94. The summed E-state index contributed by atoms with van der Waals surface area (Å²) >= 11 is 0. The van der Waals surface area contributed by atoms with E-state index in [-0.39, 0.29) is 0 Å². The predicted molar refractivity (Wildman–Crippen MR) is 110 cm³/mol. The number of hydrogen-bond donors (Lipinski definition) is 2. The van der Waals surface area contributed by atoms with E-state index in [9.17, 15) is 0 Å². The molecular formula is C21H35N5O. The Morgan fingerprint density at radius 2 is 2.19 bits per heavy atom. The second kappa shape index (κ2) is 9.40. The van der Waals surface area contributed by atoms with Gasteiger partial charge in [-0.05, 0) is 57.1 Å². The van der Waals surface area contributed by atoms with Crippen molar-refractivity contribution in [3.05, 3.63) is 23.9 Å². The molecule has 0 spiro atoms. The molecule has 2 N–H and O–H groups in total. The molecule has 6 nitrogen and oxygen atoms in total. The summed E-state index contributed by atoms with van der Waals surface area (Å²) < 4.78 is 5.78. The summed E-state index contributed by atoms with van der Waals surface area (Å²) in [6, 6.07) is 5.04. The Morgan fingerprint density at radius 3 is 2.85 bits per heavy atom. The van der Waals surface area contributed by atoms with E-state index in [1.807, 2.05) is 18.3 Å². The quantitative estimate of drug-likeness (QED) is 0.542. The van der Waals surface area contributed by atoms with Gasteiger partial charge in [0.2, 0.25) is 5.88 Å². The van der Waals surface area contributed by atoms with E-state index in [4.69, 9.17) is 9.73 Å². The van der Waals surface area contributed by atoms with Gasteiger partial charge >= 0.3 is 0 Å². The molecule has 27 heavy (non-hydrogen) atoms. The zero-order valence-corrected chi connectivity index (χ0v) is 17.2. The molecule has 0 radical (unpaired) electrons. The molecule has 2 atom stereocenters. The highest BCUT2D eigenvalue weighted by Crippen LogP contribution is 2.29. The molecule has 3 rings (SSSR count). The minimum atomic E-state index is 0.431. The summed E-state index contributed by atoms with van der Waals surface area (Å²) in [7, 11) is 0. The van der Waals surface area contributed by atoms with Gasteiger partial charge in [-0.15, -0.1) is 0 Å². The number of pyridine rings is 1. The van der Waals surface area contributed by atoms with Gasteiger partial charge in [0, 0.05) is 44.0 Å². The van der Waals surface area contributed by atoms with Crippen molar-refractivity contribution in [2.75, 3.05) is 26.2 Å². The Bertz CT molecular complexity index is 629. The summed E-state index contributed by atoms with van der Waals surface area (Å²) in [6.45, 7) is 13.4. The van der Waals surface area contributed by atoms with Crippen molar-refractivity contribution in [2.24, 2.45) is 16.8 Å². The van der Waals surface area contributed by atoms with Gasteiger partial charge in [-0.25, -0.2) is 9.98 Å². The van der Waals surface area contributed by atoms with Crippen LogP contribution in [0.5, 0.6) is 5.88 Å². The maximum absolute atomic E-state index is 5.78. The topological polar surface area (TPSA) is 61.8 Å². The molecule has 2 fully saturated rings. The molecule has 2 heterocycles. The molecule has 2 unspecified atom stereocenters. The summed E-state index contributed by atoms with van der Waals surface area (Å²) in [5.41, 5.74) is 1.12. The highest BCUT2D eigenvalue weighted by Gasteiger charge is 2.31. The first kappa shape index (κ1) is 19.9. The van der Waals surface area contributed by atoms with Crippen LogP contribution >= 0.6 is 0 Å². The van der Waals surface area contributed by atoms with Crippen molar-refractivity contribution in [3.63, 3.8) is 0 Å². The largest absolute Gasteiger partial charge is 0.477 e. The number of rotatable bonds is 8. The first-order valence-corrected chi connectivity index (χ1v) is 10.4. The summed E-state index contributed by atoms with van der Waals surface area (Å²) in [4.78, 5) is 11.6. The van der Waals surface area contributed by atoms with Crippen molar-refractivity contribution in [1.29, 1.82) is 0 Å². The van der Waals surface area contributed by atoms with Crippen molar-refractivity contribution < 1.29 is 4.74 Å². The smallest absolute Gasteiger partial charge is 0.213 e. The second-order valence-electron chi connectivity index (χ2n) is 8.23. The molecule has 1 aromatic heterocycles. The fraction of sp³-hybridized carbons (Fsp3) is 0.714. The first-order valence-electron chi connectivity index (χ1n) is 10.4. The molecule has 2 aliphatic rings. The Balaban J connectivity index is 1.57. The van der Waals surface area contributed by atoms with Crippen LogP contribution in [0.25, 0.3) is 0 Å². The molecule has 1 aromatic rings. The Hall–Kier alpha value is -1.82. The van der Waals surface area contributed by atoms with E-state index < -0.39 is 0 Å². The lowest BCUT2D eigenvalue weighted by Gasteiger charge is -2.22. The van der Waals surface area contributed by atoms with Gasteiger partial charge in [-0.1, -0.05) is 6.92 Å². The van der Waals surface area contributed by atoms with Gasteiger partial charge in [0.15, 0.2) is 5.96 Å². The molecule has 1 aliphatic carbocycles. The minimum absolute atomic E-state index is 0.431. The maximum atomic E-state index is 5.78. The van der Waals surface area contributed by atoms with Crippen LogP contribution in [-0.2, 0) is 6.54 Å². The Kier molecular flexibility index (Phi) is 6.94. The molecule has 1 aliphatic heterocycles. The number of nitrogens with zero attached hydrogens (tertiary/aromatic N) is 3. The van der Waals surface area contributed by atoms with E-state index in [2.05, 4.69) is 48.2 Å². The van der Waals surface area contributed by atoms with E-state index in [1.54, 1.807) is 0 Å². The fourth-order valence-electron chi connectivity index (χ4n) is 3.40. The number of nitrogens with one attached hydrogen (secondary N) is 2. The van der Waals surface area contributed by atoms with Crippen LogP contribution in [0.15, 0.2) is 23.3 Å². The van der Waals surface area contributed by atoms with E-state index in [0.29, 0.717) is 30.4 Å². The fourth-order valence-corrected chi connectivity index (χ4v) is 3.40. The third-order valence-corrected chi connectivity index (χ3v) is 5.42. The zero-order valence-electron chi connectivity index (χ0n) is 17.2. The number of aromatic nitrogens is 1. The van der Waals surface area contributed by atoms with E-state index >= 15 is 0 Å². The van der Waals surface area contributed by atoms with Crippen molar-refractivity contribution in [3.8, 4) is 5.88 Å². The first-order chi connectivity index (χ1) is 13.0. The molecule has 0 aromatic carbocycles. The van der Waals surface area contributed by atoms with Crippen LogP contribution < -0.4 is 15.4 Å². The number of likely N-dealkylation sites (tertiary alicyclic amines) is 1. The lowest BCUT2D eigenvalue weighted by Crippen LogP contribution is -2.46. The Morgan fingerprint density at radius 1 is 1.37 bits per heavy atom. The van der Waals surface area contributed by atoms with Crippen molar-refractivity contribution >= 4 is 5.96 Å². The highest BCUT2D eigenvalue weighted by atomic mass is 16.5. The average molecular weight is 374 g/mol. The maximum Gasteiger partial charge on any atom is 0.213 e. The monoisotopic (exact) mass is 373 g/mol. The SMILES string of the molecule is CCNC(=NCc1ccnc(OCC2CC2)c1)NC1CN(C(C)C)CC1C. The van der Waals surface area contributed by atoms with E-state index in [1.165, 1.54) is 12.8 Å². The molecule has 0 amide bonds. The third kappa shape index (κ3) is 6.09. The number of ether oxygens (including phenoxy) is 1. The third-order valence-electron chi connectivity index (χ3n) is 5.42. The Labute approximate surface area is 163 Å². The standard InChI is InChI=1S/C21H35N5O/c1-5-22-21(25-19-13-26(15(2)3)12-16(19)4)24-11-18-8-9-23-20(10-18)27-14-17-6-7-17/h8-10,15-17,19H,5-7,11-14H2,1-4H3,(H2,22,24,25). The zero-order chi connectivity index (χ0) is 19.2. The predicted octanol–water partition coefficient (Wildman–Crippen LogP) is 2.65. The van der Waals surface area contributed by atoms with Gasteiger partial charge in [-0.2, -0.15) is 0 Å². The number of aliphatic imine (C=N–C) groups is 1. The lowest BCUT2D eigenvalue weighted by molar-refractivity contribution is 0.265. The molecule has 1 saturated heterocycles. The summed E-state index contributed by atoms with van der Waals surface area (Å²) in [5, 5.41) is 7.02. The molecule has 0 bridgehead atoms. The minimum Gasteiger partial charge on any atom is -0.477 e. The van der Waals surface area contributed by atoms with Crippen LogP contribution in [0.3, 0.4) is 0 Å². The molecule has 150 valence electrons. The van der Waals surface area contributed by atoms with E-state index in [0.717, 1.165) is 43.7 Å². The van der Waals surface area contributed by atoms with Crippen LogP contribution in [0.1, 0.15) is 46.1 Å². The number of guanidine groups is 1. The molecular weight excluding hydrogens is 338 g/mol. The van der Waals surface area contributed by atoms with Crippen LogP contribution in [-0.4, -0.2) is 54.2 Å². The van der Waals surface area contributed by atoms with Crippen LogP contribution in [0, 0.1) is 11.8 Å². The van der Waals surface area contributed by atoms with Gasteiger partial charge in [-0.3, -0.25) is 4.90 Å². The van der Waals surface area contributed by atoms with Gasteiger partial charge in [0.05, 0.1) is 13.2 Å². The van der Waals surface area contributed by atoms with Crippen LogP contribution in [0.2, 0.25) is 0 Å². The van der Waals surface area contributed by atoms with Gasteiger partial charge < -0.3 is 15.4 Å². The normalized spacial score (nSPS) is 23.7.